The molecule has 0 aromatic carbocycles. The van der Waals surface area contributed by atoms with Gasteiger partial charge in [-0.3, -0.25) is 19.2 Å². The molecule has 0 aliphatic carbocycles. The van der Waals surface area contributed by atoms with E-state index in [9.17, 15) is 19.2 Å². The van der Waals surface area contributed by atoms with Crippen LogP contribution in [0.1, 0.15) is 32.3 Å². The number of ketones is 1. The highest BCUT2D eigenvalue weighted by atomic mass is 16.2. The quantitative estimate of drug-likeness (QED) is 0.504. The fraction of sp³-hybridized carbons (Fsp3) is 0.529. The molecule has 4 N–H and O–H groups in total. The lowest BCUT2D eigenvalue weighted by Crippen LogP contribution is -2.58. The molecule has 8 nitrogen and oxygen atoms in total. The Bertz CT molecular complexity index is 639. The lowest BCUT2D eigenvalue weighted by Gasteiger charge is -2.26. The van der Waals surface area contributed by atoms with Crippen LogP contribution >= 0.6 is 0 Å². The van der Waals surface area contributed by atoms with E-state index in [0.29, 0.717) is 19.4 Å². The number of Topliss-reactive ketones (excluding diaryl/α,β-unsaturated/α-hetero) is 1. The van der Waals surface area contributed by atoms with Gasteiger partial charge in [-0.15, -0.1) is 0 Å². The van der Waals surface area contributed by atoms with Crippen molar-refractivity contribution in [1.29, 1.82) is 0 Å². The van der Waals surface area contributed by atoms with Gasteiger partial charge in [-0.25, -0.2) is 0 Å². The second-order valence-electron chi connectivity index (χ2n) is 6.48. The first-order valence-electron chi connectivity index (χ1n) is 8.42. The third-order valence-corrected chi connectivity index (χ3v) is 4.14. The van der Waals surface area contributed by atoms with Gasteiger partial charge in [0.1, 0.15) is 6.04 Å². The standard InChI is InChI=1S/C17H24N4O4/c1-10(2)14(21-13(22)4-3-11-5-7-18-9-11)16(24)20-12-6-8-19-17(25)15(12)23/h5,7,9-10,12,14,18H,3-4,6,8H2,1-2H3,(H,19,25)(H,20,24)(H,21,22). The third-order valence-electron chi connectivity index (χ3n) is 4.14. The number of aromatic nitrogens is 1. The van der Waals surface area contributed by atoms with Gasteiger partial charge in [0.25, 0.3) is 5.91 Å². The van der Waals surface area contributed by atoms with Crippen LogP contribution in [0.2, 0.25) is 0 Å². The molecule has 0 radical (unpaired) electrons. The minimum Gasteiger partial charge on any atom is -0.367 e. The molecule has 1 saturated heterocycles. The van der Waals surface area contributed by atoms with E-state index in [2.05, 4.69) is 20.9 Å². The highest BCUT2D eigenvalue weighted by Crippen LogP contribution is 2.07. The minimum absolute atomic E-state index is 0.149. The molecule has 1 fully saturated rings. The number of hydrogen-bond acceptors (Lipinski definition) is 4. The summed E-state index contributed by atoms with van der Waals surface area (Å²) in [5, 5.41) is 7.74. The molecule has 136 valence electrons. The van der Waals surface area contributed by atoms with Crippen molar-refractivity contribution in [2.75, 3.05) is 6.54 Å². The van der Waals surface area contributed by atoms with Crippen LogP contribution in [0, 0.1) is 5.92 Å². The van der Waals surface area contributed by atoms with E-state index in [1.165, 1.54) is 0 Å². The average Bonchev–Trinajstić information content (AvgIpc) is 3.08. The summed E-state index contributed by atoms with van der Waals surface area (Å²) >= 11 is 0. The number of rotatable bonds is 7. The number of nitrogens with one attached hydrogen (secondary N) is 4. The van der Waals surface area contributed by atoms with Crippen LogP contribution in [0.15, 0.2) is 18.5 Å². The molecule has 2 atom stereocenters. The maximum atomic E-state index is 12.5. The second-order valence-corrected chi connectivity index (χ2v) is 6.48. The van der Waals surface area contributed by atoms with Gasteiger partial charge >= 0.3 is 0 Å². The van der Waals surface area contributed by atoms with Gasteiger partial charge in [-0.1, -0.05) is 13.8 Å². The number of carbonyl (C=O) groups excluding carboxylic acids is 4. The molecule has 2 unspecified atom stereocenters. The van der Waals surface area contributed by atoms with E-state index in [1.54, 1.807) is 6.20 Å². The van der Waals surface area contributed by atoms with Crippen LogP contribution < -0.4 is 16.0 Å². The van der Waals surface area contributed by atoms with Crippen LogP contribution in [0.3, 0.4) is 0 Å². The molecule has 2 rings (SSSR count). The van der Waals surface area contributed by atoms with E-state index < -0.39 is 29.7 Å². The van der Waals surface area contributed by atoms with Crippen molar-refractivity contribution in [3.8, 4) is 0 Å². The number of amides is 3. The Morgan fingerprint density at radius 2 is 2.08 bits per heavy atom. The molecular weight excluding hydrogens is 324 g/mol. The van der Waals surface area contributed by atoms with Crippen LogP contribution in [-0.2, 0) is 25.6 Å². The number of aryl methyl sites for hydroxylation is 1. The Balaban J connectivity index is 1.90. The monoisotopic (exact) mass is 348 g/mol. The first-order valence-corrected chi connectivity index (χ1v) is 8.42. The highest BCUT2D eigenvalue weighted by molar-refractivity contribution is 6.39. The van der Waals surface area contributed by atoms with Crippen molar-refractivity contribution in [1.82, 2.24) is 20.9 Å². The molecule has 1 aliphatic heterocycles. The molecule has 8 heteroatoms. The molecular formula is C17H24N4O4. The van der Waals surface area contributed by atoms with E-state index in [1.807, 2.05) is 26.1 Å². The van der Waals surface area contributed by atoms with Crippen molar-refractivity contribution in [2.45, 2.75) is 45.2 Å². The second kappa shape index (κ2) is 8.46. The zero-order chi connectivity index (χ0) is 18.4. The fourth-order valence-corrected chi connectivity index (χ4v) is 2.66. The van der Waals surface area contributed by atoms with Gasteiger partial charge < -0.3 is 20.9 Å². The third kappa shape index (κ3) is 5.17. The van der Waals surface area contributed by atoms with E-state index in [4.69, 9.17) is 0 Å². The minimum atomic E-state index is -0.834. The summed E-state index contributed by atoms with van der Waals surface area (Å²) in [7, 11) is 0. The maximum absolute atomic E-state index is 12.5. The van der Waals surface area contributed by atoms with Crippen molar-refractivity contribution in [3.05, 3.63) is 24.0 Å². The number of carbonyl (C=O) groups is 4. The zero-order valence-electron chi connectivity index (χ0n) is 14.4. The van der Waals surface area contributed by atoms with Crippen molar-refractivity contribution in [3.63, 3.8) is 0 Å². The Labute approximate surface area is 146 Å². The Morgan fingerprint density at radius 3 is 2.72 bits per heavy atom. The van der Waals surface area contributed by atoms with Gasteiger partial charge in [0, 0.05) is 25.4 Å². The summed E-state index contributed by atoms with van der Waals surface area (Å²) in [6, 6.07) is 0.301. The summed E-state index contributed by atoms with van der Waals surface area (Å²) < 4.78 is 0. The SMILES string of the molecule is CC(C)C(NC(=O)CCc1cc[nH]c1)C(=O)NC1CCNC(=O)C1=O. The molecule has 1 aromatic heterocycles. The summed E-state index contributed by atoms with van der Waals surface area (Å²) in [4.78, 5) is 50.7. The predicted molar refractivity (Wildman–Crippen MR) is 90.4 cm³/mol. The van der Waals surface area contributed by atoms with Crippen molar-refractivity contribution < 1.29 is 19.2 Å². The van der Waals surface area contributed by atoms with Crippen LogP contribution in [-0.4, -0.2) is 47.1 Å². The van der Waals surface area contributed by atoms with Gasteiger partial charge in [0.05, 0.1) is 6.04 Å². The number of hydrogen-bond donors (Lipinski definition) is 4. The summed E-state index contributed by atoms with van der Waals surface area (Å²) in [6.07, 6.45) is 4.79. The normalized spacial score (nSPS) is 18.6. The number of piperidine rings is 1. The van der Waals surface area contributed by atoms with Crippen LogP contribution in [0.5, 0.6) is 0 Å². The molecule has 1 aromatic rings. The molecule has 3 amide bonds. The first-order chi connectivity index (χ1) is 11.9. The molecule has 2 heterocycles. The molecule has 0 spiro atoms. The topological polar surface area (TPSA) is 120 Å². The highest BCUT2D eigenvalue weighted by Gasteiger charge is 2.33. The Kier molecular flexibility index (Phi) is 6.32. The largest absolute Gasteiger partial charge is 0.367 e. The predicted octanol–water partition coefficient (Wildman–Crippen LogP) is -0.338. The molecule has 25 heavy (non-hydrogen) atoms. The van der Waals surface area contributed by atoms with Gasteiger partial charge in [-0.2, -0.15) is 0 Å². The lowest BCUT2D eigenvalue weighted by molar-refractivity contribution is -0.142. The first kappa shape index (κ1) is 18.7. The van der Waals surface area contributed by atoms with Crippen LogP contribution in [0.4, 0.5) is 0 Å². The van der Waals surface area contributed by atoms with Crippen molar-refractivity contribution >= 4 is 23.5 Å². The van der Waals surface area contributed by atoms with Crippen molar-refractivity contribution in [2.24, 2.45) is 5.92 Å². The number of aromatic amines is 1. The molecule has 0 bridgehead atoms. The van der Waals surface area contributed by atoms with E-state index in [0.717, 1.165) is 5.56 Å². The molecule has 0 saturated carbocycles. The number of H-pyrrole nitrogens is 1. The van der Waals surface area contributed by atoms with Crippen LogP contribution in [0.25, 0.3) is 0 Å². The van der Waals surface area contributed by atoms with Gasteiger partial charge in [0.2, 0.25) is 17.6 Å². The average molecular weight is 348 g/mol. The van der Waals surface area contributed by atoms with Gasteiger partial charge in [-0.05, 0) is 30.4 Å². The summed E-state index contributed by atoms with van der Waals surface area (Å²) in [6.45, 7) is 3.96. The van der Waals surface area contributed by atoms with E-state index in [-0.39, 0.29) is 18.2 Å². The Hall–Kier alpha value is -2.64. The lowest BCUT2D eigenvalue weighted by atomic mass is 10.00. The smallest absolute Gasteiger partial charge is 0.289 e. The summed E-state index contributed by atoms with van der Waals surface area (Å²) in [5.74, 6) is -2.17. The van der Waals surface area contributed by atoms with Gasteiger partial charge in [0.15, 0.2) is 0 Å². The van der Waals surface area contributed by atoms with E-state index >= 15 is 0 Å². The fourth-order valence-electron chi connectivity index (χ4n) is 2.66. The molecule has 1 aliphatic rings. The Morgan fingerprint density at radius 1 is 1.32 bits per heavy atom. The maximum Gasteiger partial charge on any atom is 0.289 e. The summed E-state index contributed by atoms with van der Waals surface area (Å²) in [5.41, 5.74) is 1.01. The zero-order valence-corrected chi connectivity index (χ0v) is 14.4.